The molecule has 1 saturated carbocycles. The summed E-state index contributed by atoms with van der Waals surface area (Å²) in [6.07, 6.45) is 6.47. The van der Waals surface area contributed by atoms with E-state index >= 15 is 0 Å². The van der Waals surface area contributed by atoms with Gasteiger partial charge in [0.15, 0.2) is 0 Å². The van der Waals surface area contributed by atoms with Gasteiger partial charge in [-0.3, -0.25) is 14.5 Å². The highest BCUT2D eigenvalue weighted by molar-refractivity contribution is 6.21. The second kappa shape index (κ2) is 5.02. The average molecular weight is 270 g/mol. The van der Waals surface area contributed by atoms with E-state index in [4.69, 9.17) is 0 Å². The van der Waals surface area contributed by atoms with Crippen LogP contribution in [0.5, 0.6) is 0 Å². The van der Waals surface area contributed by atoms with Crippen molar-refractivity contribution in [2.45, 2.75) is 38.1 Å². The Hall–Kier alpha value is -2.26. The van der Waals surface area contributed by atoms with Crippen molar-refractivity contribution in [2.24, 2.45) is 4.99 Å². The van der Waals surface area contributed by atoms with Gasteiger partial charge in [0.25, 0.3) is 11.8 Å². The van der Waals surface area contributed by atoms with Gasteiger partial charge in [-0.25, -0.2) is 4.79 Å². The lowest BCUT2D eigenvalue weighted by Gasteiger charge is -2.29. The van der Waals surface area contributed by atoms with Crippen LogP contribution in [0.25, 0.3) is 0 Å². The molecule has 0 spiro atoms. The number of hydrogen-bond donors (Lipinski definition) is 0. The van der Waals surface area contributed by atoms with Gasteiger partial charge in [0, 0.05) is 6.04 Å². The number of isocyanates is 1. The lowest BCUT2D eigenvalue weighted by atomic mass is 9.94. The normalized spacial score (nSPS) is 18.9. The van der Waals surface area contributed by atoms with E-state index in [1.54, 1.807) is 12.1 Å². The summed E-state index contributed by atoms with van der Waals surface area (Å²) < 4.78 is 0. The average Bonchev–Trinajstić information content (AvgIpc) is 2.72. The summed E-state index contributed by atoms with van der Waals surface area (Å²) in [6.45, 7) is 0. The van der Waals surface area contributed by atoms with Gasteiger partial charge in [0.1, 0.15) is 0 Å². The number of imide groups is 1. The zero-order valence-electron chi connectivity index (χ0n) is 11.0. The quantitative estimate of drug-likeness (QED) is 0.471. The van der Waals surface area contributed by atoms with E-state index < -0.39 is 0 Å². The molecule has 0 radical (unpaired) electrons. The van der Waals surface area contributed by atoms with Crippen LogP contribution in [0, 0.1) is 0 Å². The zero-order valence-corrected chi connectivity index (χ0v) is 11.0. The molecule has 0 bridgehead atoms. The SMILES string of the molecule is O=C=Nc1ccc2c(c1)C(=O)N(C1CCCCC1)C2=O. The van der Waals surface area contributed by atoms with Crippen LogP contribution in [-0.4, -0.2) is 28.8 Å². The minimum atomic E-state index is -0.264. The summed E-state index contributed by atoms with van der Waals surface area (Å²) in [6, 6.07) is 4.62. The summed E-state index contributed by atoms with van der Waals surface area (Å²) in [7, 11) is 0. The fraction of sp³-hybridized carbons (Fsp3) is 0.400. The minimum Gasteiger partial charge on any atom is -0.271 e. The van der Waals surface area contributed by atoms with Gasteiger partial charge in [-0.15, -0.1) is 0 Å². The van der Waals surface area contributed by atoms with Crippen LogP contribution in [-0.2, 0) is 4.79 Å². The molecule has 0 saturated heterocycles. The van der Waals surface area contributed by atoms with E-state index in [0.717, 1.165) is 32.1 Å². The van der Waals surface area contributed by atoms with Crippen molar-refractivity contribution >= 4 is 23.6 Å². The number of fused-ring (bicyclic) bond motifs is 1. The summed E-state index contributed by atoms with van der Waals surface area (Å²) in [4.78, 5) is 40.0. The first kappa shape index (κ1) is 12.8. The van der Waals surface area contributed by atoms with Crippen molar-refractivity contribution in [1.82, 2.24) is 4.90 Å². The highest BCUT2D eigenvalue weighted by atomic mass is 16.2. The van der Waals surface area contributed by atoms with Gasteiger partial charge >= 0.3 is 0 Å². The van der Waals surface area contributed by atoms with Crippen molar-refractivity contribution in [2.75, 3.05) is 0 Å². The number of benzene rings is 1. The molecular formula is C15H14N2O3. The predicted molar refractivity (Wildman–Crippen MR) is 71.6 cm³/mol. The van der Waals surface area contributed by atoms with Crippen LogP contribution in [0.4, 0.5) is 5.69 Å². The molecule has 1 aromatic rings. The van der Waals surface area contributed by atoms with Crippen LogP contribution >= 0.6 is 0 Å². The number of carbonyl (C=O) groups excluding carboxylic acids is 3. The first-order valence-electron chi connectivity index (χ1n) is 6.82. The van der Waals surface area contributed by atoms with E-state index in [0.29, 0.717) is 16.8 Å². The Balaban J connectivity index is 1.96. The second-order valence-corrected chi connectivity index (χ2v) is 5.21. The molecule has 1 fully saturated rings. The van der Waals surface area contributed by atoms with Crippen LogP contribution in [0.1, 0.15) is 52.8 Å². The third-order valence-corrected chi connectivity index (χ3v) is 4.02. The van der Waals surface area contributed by atoms with E-state index in [9.17, 15) is 14.4 Å². The van der Waals surface area contributed by atoms with E-state index in [1.165, 1.54) is 17.0 Å². The first-order valence-corrected chi connectivity index (χ1v) is 6.82. The maximum atomic E-state index is 12.4. The van der Waals surface area contributed by atoms with Crippen LogP contribution in [0.15, 0.2) is 23.2 Å². The maximum Gasteiger partial charge on any atom is 0.261 e. The van der Waals surface area contributed by atoms with Gasteiger partial charge < -0.3 is 0 Å². The van der Waals surface area contributed by atoms with Crippen molar-refractivity contribution in [3.8, 4) is 0 Å². The van der Waals surface area contributed by atoms with Crippen LogP contribution in [0.3, 0.4) is 0 Å². The molecule has 1 heterocycles. The smallest absolute Gasteiger partial charge is 0.261 e. The third-order valence-electron chi connectivity index (χ3n) is 4.02. The van der Waals surface area contributed by atoms with Crippen molar-refractivity contribution in [3.63, 3.8) is 0 Å². The molecule has 3 rings (SSSR count). The zero-order chi connectivity index (χ0) is 14.1. The van der Waals surface area contributed by atoms with Crippen molar-refractivity contribution < 1.29 is 14.4 Å². The van der Waals surface area contributed by atoms with E-state index in [-0.39, 0.29) is 17.9 Å². The molecule has 1 aromatic carbocycles. The summed E-state index contributed by atoms with van der Waals surface area (Å²) in [5.41, 5.74) is 1.10. The van der Waals surface area contributed by atoms with E-state index in [2.05, 4.69) is 4.99 Å². The van der Waals surface area contributed by atoms with Crippen molar-refractivity contribution in [1.29, 1.82) is 0 Å². The Morgan fingerprint density at radius 1 is 1.05 bits per heavy atom. The maximum absolute atomic E-state index is 12.4. The molecule has 1 aliphatic carbocycles. The Kier molecular flexibility index (Phi) is 3.20. The Bertz CT molecular complexity index is 626. The number of amides is 2. The van der Waals surface area contributed by atoms with Crippen LogP contribution < -0.4 is 0 Å². The van der Waals surface area contributed by atoms with Gasteiger partial charge in [-0.1, -0.05) is 19.3 Å². The Morgan fingerprint density at radius 2 is 1.75 bits per heavy atom. The van der Waals surface area contributed by atoms with E-state index in [1.807, 2.05) is 0 Å². The molecule has 2 aliphatic rings. The largest absolute Gasteiger partial charge is 0.271 e. The standard InChI is InChI=1S/C15H14N2O3/c18-9-16-10-6-7-12-13(8-10)15(20)17(14(12)19)11-4-2-1-3-5-11/h6-8,11H,1-5H2. The van der Waals surface area contributed by atoms with Gasteiger partial charge in [0.05, 0.1) is 16.8 Å². The van der Waals surface area contributed by atoms with Gasteiger partial charge in [0.2, 0.25) is 6.08 Å². The number of nitrogens with zero attached hydrogens (tertiary/aromatic N) is 2. The lowest BCUT2D eigenvalue weighted by molar-refractivity contribution is 0.0549. The highest BCUT2D eigenvalue weighted by Crippen LogP contribution is 2.32. The number of carbonyl (C=O) groups is 2. The van der Waals surface area contributed by atoms with Crippen molar-refractivity contribution in [3.05, 3.63) is 29.3 Å². The molecular weight excluding hydrogens is 256 g/mol. The molecule has 102 valence electrons. The second-order valence-electron chi connectivity index (χ2n) is 5.21. The molecule has 20 heavy (non-hydrogen) atoms. The fourth-order valence-electron chi connectivity index (χ4n) is 3.04. The summed E-state index contributed by atoms with van der Waals surface area (Å²) in [5.74, 6) is -0.488. The molecule has 1 aliphatic heterocycles. The lowest BCUT2D eigenvalue weighted by Crippen LogP contribution is -2.40. The van der Waals surface area contributed by atoms with Gasteiger partial charge in [-0.2, -0.15) is 4.99 Å². The molecule has 0 N–H and O–H groups in total. The first-order chi connectivity index (χ1) is 9.72. The number of hydrogen-bond acceptors (Lipinski definition) is 4. The molecule has 5 nitrogen and oxygen atoms in total. The minimum absolute atomic E-state index is 0.00849. The molecule has 5 heteroatoms. The monoisotopic (exact) mass is 270 g/mol. The fourth-order valence-corrected chi connectivity index (χ4v) is 3.04. The predicted octanol–water partition coefficient (Wildman–Crippen LogP) is 2.58. The Labute approximate surface area is 116 Å². The highest BCUT2D eigenvalue weighted by Gasteiger charge is 2.40. The molecule has 0 aromatic heterocycles. The summed E-state index contributed by atoms with van der Waals surface area (Å²) in [5, 5.41) is 0. The third kappa shape index (κ3) is 1.96. The number of rotatable bonds is 2. The number of aliphatic imine (C=N–C) groups is 1. The molecule has 0 atom stereocenters. The summed E-state index contributed by atoms with van der Waals surface area (Å²) >= 11 is 0. The van der Waals surface area contributed by atoms with Gasteiger partial charge in [-0.05, 0) is 31.0 Å². The molecule has 0 unspecified atom stereocenters. The van der Waals surface area contributed by atoms with Crippen LogP contribution in [0.2, 0.25) is 0 Å². The topological polar surface area (TPSA) is 66.8 Å². The Morgan fingerprint density at radius 3 is 2.45 bits per heavy atom. The molecule has 2 amide bonds.